The van der Waals surface area contributed by atoms with Crippen molar-refractivity contribution in [3.8, 4) is 0 Å². The Morgan fingerprint density at radius 3 is 2.78 bits per heavy atom. The highest BCUT2D eigenvalue weighted by Crippen LogP contribution is 2.21. The molecule has 18 heavy (non-hydrogen) atoms. The lowest BCUT2D eigenvalue weighted by Crippen LogP contribution is -2.60. The Hall–Kier alpha value is -1.39. The number of nitrogens with zero attached hydrogens (tertiary/aromatic N) is 1. The lowest BCUT2D eigenvalue weighted by molar-refractivity contribution is -0.147. The monoisotopic (exact) mass is 248 g/mol. The van der Waals surface area contributed by atoms with Gasteiger partial charge in [0.25, 0.3) is 0 Å². The van der Waals surface area contributed by atoms with Crippen LogP contribution in [0.1, 0.15) is 18.4 Å². The number of carboxylic acids is 1. The number of carboxylic acid groups (broad SMARTS) is 1. The van der Waals surface area contributed by atoms with Gasteiger partial charge in [0.05, 0.1) is 0 Å². The zero-order valence-electron chi connectivity index (χ0n) is 10.7. The Balaban J connectivity index is 2.05. The normalized spacial score (nSPS) is 24.9. The van der Waals surface area contributed by atoms with Gasteiger partial charge in [-0.1, -0.05) is 30.3 Å². The molecule has 0 radical (unpaired) electrons. The van der Waals surface area contributed by atoms with E-state index in [1.807, 2.05) is 37.4 Å². The van der Waals surface area contributed by atoms with Crippen molar-refractivity contribution in [2.45, 2.75) is 24.9 Å². The summed E-state index contributed by atoms with van der Waals surface area (Å²) in [7, 11) is 1.97. The summed E-state index contributed by atoms with van der Waals surface area (Å²) in [4.78, 5) is 13.6. The van der Waals surface area contributed by atoms with E-state index in [4.69, 9.17) is 0 Å². The Morgan fingerprint density at radius 2 is 2.17 bits per heavy atom. The molecular weight excluding hydrogens is 228 g/mol. The van der Waals surface area contributed by atoms with Crippen LogP contribution in [0.5, 0.6) is 0 Å². The van der Waals surface area contributed by atoms with Crippen LogP contribution in [0.15, 0.2) is 30.3 Å². The van der Waals surface area contributed by atoms with Crippen molar-refractivity contribution < 1.29 is 9.90 Å². The van der Waals surface area contributed by atoms with E-state index in [2.05, 4.69) is 10.2 Å². The number of rotatable bonds is 4. The molecule has 2 rings (SSSR count). The summed E-state index contributed by atoms with van der Waals surface area (Å²) >= 11 is 0. The molecule has 0 amide bonds. The maximum atomic E-state index is 11.6. The number of likely N-dealkylation sites (tertiary alicyclic amines) is 1. The largest absolute Gasteiger partial charge is 0.480 e. The summed E-state index contributed by atoms with van der Waals surface area (Å²) in [5, 5.41) is 12.7. The molecule has 1 aliphatic heterocycles. The molecule has 1 heterocycles. The number of carbonyl (C=O) groups is 1. The van der Waals surface area contributed by atoms with Crippen molar-refractivity contribution in [2.75, 3.05) is 20.1 Å². The van der Waals surface area contributed by atoms with E-state index in [1.165, 1.54) is 0 Å². The molecule has 0 aromatic heterocycles. The molecule has 98 valence electrons. The van der Waals surface area contributed by atoms with Crippen LogP contribution < -0.4 is 5.32 Å². The maximum absolute atomic E-state index is 11.6. The molecular formula is C14H20N2O2. The summed E-state index contributed by atoms with van der Waals surface area (Å²) in [6.07, 6.45) is 1.62. The first-order chi connectivity index (χ1) is 8.62. The quantitative estimate of drug-likeness (QED) is 0.844. The van der Waals surface area contributed by atoms with Gasteiger partial charge < -0.3 is 10.0 Å². The van der Waals surface area contributed by atoms with Crippen LogP contribution in [0.25, 0.3) is 0 Å². The lowest BCUT2D eigenvalue weighted by Gasteiger charge is -2.39. The van der Waals surface area contributed by atoms with E-state index in [0.29, 0.717) is 19.5 Å². The van der Waals surface area contributed by atoms with E-state index >= 15 is 0 Å². The number of aliphatic carboxylic acids is 1. The van der Waals surface area contributed by atoms with Gasteiger partial charge in [-0.3, -0.25) is 10.1 Å². The molecule has 1 unspecified atom stereocenters. The van der Waals surface area contributed by atoms with Crippen molar-refractivity contribution >= 4 is 5.97 Å². The maximum Gasteiger partial charge on any atom is 0.325 e. The van der Waals surface area contributed by atoms with Gasteiger partial charge in [0.1, 0.15) is 5.54 Å². The molecule has 2 N–H and O–H groups in total. The molecule has 4 nitrogen and oxygen atoms in total. The minimum Gasteiger partial charge on any atom is -0.480 e. The number of piperidine rings is 1. The second-order valence-electron chi connectivity index (χ2n) is 5.07. The van der Waals surface area contributed by atoms with Crippen molar-refractivity contribution in [2.24, 2.45) is 0 Å². The van der Waals surface area contributed by atoms with Crippen LogP contribution in [0.3, 0.4) is 0 Å². The number of hydrogen-bond donors (Lipinski definition) is 2. The van der Waals surface area contributed by atoms with Gasteiger partial charge in [-0.2, -0.15) is 0 Å². The molecule has 1 fully saturated rings. The van der Waals surface area contributed by atoms with E-state index in [0.717, 1.165) is 18.5 Å². The van der Waals surface area contributed by atoms with Gasteiger partial charge in [0, 0.05) is 13.1 Å². The summed E-state index contributed by atoms with van der Waals surface area (Å²) in [5.74, 6) is -0.745. The topological polar surface area (TPSA) is 52.6 Å². The van der Waals surface area contributed by atoms with Crippen molar-refractivity contribution in [3.05, 3.63) is 35.9 Å². The highest BCUT2D eigenvalue weighted by Gasteiger charge is 2.40. The van der Waals surface area contributed by atoms with Crippen LogP contribution in [0.2, 0.25) is 0 Å². The standard InChI is InChI=1S/C14H20N2O2/c1-16-9-5-8-14(11-16,13(17)18)15-10-12-6-3-2-4-7-12/h2-4,6-7,15H,5,8-11H2,1H3,(H,17,18). The fourth-order valence-corrected chi connectivity index (χ4v) is 2.53. The average Bonchev–Trinajstić information content (AvgIpc) is 2.37. The lowest BCUT2D eigenvalue weighted by atomic mass is 9.89. The van der Waals surface area contributed by atoms with Gasteiger partial charge in [0.2, 0.25) is 0 Å². The third kappa shape index (κ3) is 2.89. The molecule has 1 saturated heterocycles. The Kier molecular flexibility index (Phi) is 3.99. The molecule has 1 aromatic rings. The zero-order chi connectivity index (χ0) is 13.0. The molecule has 0 spiro atoms. The Morgan fingerprint density at radius 1 is 1.44 bits per heavy atom. The van der Waals surface area contributed by atoms with Crippen LogP contribution in [0.4, 0.5) is 0 Å². The van der Waals surface area contributed by atoms with Crippen LogP contribution in [0, 0.1) is 0 Å². The first-order valence-electron chi connectivity index (χ1n) is 6.33. The van der Waals surface area contributed by atoms with Crippen LogP contribution in [-0.2, 0) is 11.3 Å². The molecule has 0 bridgehead atoms. The number of benzene rings is 1. The molecule has 0 aliphatic carbocycles. The van der Waals surface area contributed by atoms with E-state index in [1.54, 1.807) is 0 Å². The Labute approximate surface area is 108 Å². The highest BCUT2D eigenvalue weighted by atomic mass is 16.4. The first kappa shape index (κ1) is 13.1. The van der Waals surface area contributed by atoms with E-state index < -0.39 is 11.5 Å². The number of nitrogens with one attached hydrogen (secondary N) is 1. The molecule has 1 atom stereocenters. The minimum absolute atomic E-state index is 0.565. The van der Waals surface area contributed by atoms with Crippen LogP contribution >= 0.6 is 0 Å². The van der Waals surface area contributed by atoms with Gasteiger partial charge >= 0.3 is 5.97 Å². The zero-order valence-corrected chi connectivity index (χ0v) is 10.7. The predicted molar refractivity (Wildman–Crippen MR) is 70.4 cm³/mol. The van der Waals surface area contributed by atoms with Crippen LogP contribution in [-0.4, -0.2) is 41.7 Å². The number of likely N-dealkylation sites (N-methyl/N-ethyl adjacent to an activating group) is 1. The summed E-state index contributed by atoms with van der Waals surface area (Å²) in [5.41, 5.74) is 0.314. The van der Waals surface area contributed by atoms with Gasteiger partial charge in [-0.25, -0.2) is 0 Å². The van der Waals surface area contributed by atoms with Gasteiger partial charge in [-0.15, -0.1) is 0 Å². The smallest absolute Gasteiger partial charge is 0.325 e. The molecule has 1 aliphatic rings. The molecule has 0 saturated carbocycles. The third-order valence-corrected chi connectivity index (χ3v) is 3.57. The molecule has 1 aromatic carbocycles. The third-order valence-electron chi connectivity index (χ3n) is 3.57. The minimum atomic E-state index is -0.803. The van der Waals surface area contributed by atoms with Gasteiger partial charge in [-0.05, 0) is 32.0 Å². The summed E-state index contributed by atoms with van der Waals surface area (Å²) in [6, 6.07) is 9.92. The first-order valence-corrected chi connectivity index (χ1v) is 6.33. The van der Waals surface area contributed by atoms with Crippen molar-refractivity contribution in [3.63, 3.8) is 0 Å². The van der Waals surface area contributed by atoms with E-state index in [-0.39, 0.29) is 0 Å². The van der Waals surface area contributed by atoms with Crippen molar-refractivity contribution in [1.82, 2.24) is 10.2 Å². The SMILES string of the molecule is CN1CCCC(NCc2ccccc2)(C(=O)O)C1. The fraction of sp³-hybridized carbons (Fsp3) is 0.500. The predicted octanol–water partition coefficient (Wildman–Crippen LogP) is 1.33. The highest BCUT2D eigenvalue weighted by molar-refractivity contribution is 5.79. The average molecular weight is 248 g/mol. The summed E-state index contributed by atoms with van der Waals surface area (Å²) in [6.45, 7) is 2.14. The second-order valence-corrected chi connectivity index (χ2v) is 5.07. The van der Waals surface area contributed by atoms with Crippen molar-refractivity contribution in [1.29, 1.82) is 0 Å². The molecule has 4 heteroatoms. The fourth-order valence-electron chi connectivity index (χ4n) is 2.53. The summed E-state index contributed by atoms with van der Waals surface area (Å²) < 4.78 is 0. The van der Waals surface area contributed by atoms with Gasteiger partial charge in [0.15, 0.2) is 0 Å². The Bertz CT molecular complexity index is 408. The number of hydrogen-bond acceptors (Lipinski definition) is 3. The second kappa shape index (κ2) is 5.50. The van der Waals surface area contributed by atoms with E-state index in [9.17, 15) is 9.90 Å².